The smallest absolute Gasteiger partial charge is 0.379 e. The summed E-state index contributed by atoms with van der Waals surface area (Å²) in [5.74, 6) is 0.823. The molecule has 0 spiro atoms. The lowest BCUT2D eigenvalue weighted by Gasteiger charge is -2.51. The Morgan fingerprint density at radius 2 is 1.80 bits per heavy atom. The highest BCUT2D eigenvalue weighted by atomic mass is 19.4. The SMILES string of the molecule is CCN1CC2C3CCN(CC3)C2C1C(C)(O)C(F)(F)F. The molecule has 0 radical (unpaired) electrons. The zero-order chi connectivity index (χ0) is 14.7. The Labute approximate surface area is 117 Å². The van der Waals surface area contributed by atoms with Crippen LogP contribution in [0.3, 0.4) is 0 Å². The van der Waals surface area contributed by atoms with E-state index in [0.717, 1.165) is 32.9 Å². The number of likely N-dealkylation sites (tertiary alicyclic amines) is 1. The number of rotatable bonds is 2. The molecule has 4 rings (SSSR count). The number of aliphatic hydroxyl groups is 1. The van der Waals surface area contributed by atoms with Gasteiger partial charge in [0.15, 0.2) is 5.60 Å². The van der Waals surface area contributed by atoms with Gasteiger partial charge in [0.2, 0.25) is 0 Å². The van der Waals surface area contributed by atoms with Crippen molar-refractivity contribution in [1.82, 2.24) is 9.80 Å². The van der Waals surface area contributed by atoms with Gasteiger partial charge in [0.05, 0.1) is 6.04 Å². The van der Waals surface area contributed by atoms with Crippen molar-refractivity contribution < 1.29 is 18.3 Å². The van der Waals surface area contributed by atoms with Crippen LogP contribution >= 0.6 is 0 Å². The van der Waals surface area contributed by atoms with E-state index in [0.29, 0.717) is 19.0 Å². The average Bonchev–Trinajstić information content (AvgIpc) is 2.80. The van der Waals surface area contributed by atoms with Gasteiger partial charge in [0, 0.05) is 12.6 Å². The molecule has 4 heterocycles. The highest BCUT2D eigenvalue weighted by Crippen LogP contribution is 2.49. The van der Waals surface area contributed by atoms with Crippen molar-refractivity contribution in [3.8, 4) is 0 Å². The zero-order valence-corrected chi connectivity index (χ0v) is 12.0. The highest BCUT2D eigenvalue weighted by molar-refractivity contribution is 5.13. The van der Waals surface area contributed by atoms with Crippen molar-refractivity contribution in [1.29, 1.82) is 0 Å². The lowest BCUT2D eigenvalue weighted by molar-refractivity contribution is -0.276. The van der Waals surface area contributed by atoms with E-state index in [-0.39, 0.29) is 12.0 Å². The standard InChI is InChI=1S/C14H23F3N2O/c1-3-18-8-10-9-4-6-19(7-5-9)11(10)12(18)13(2,20)14(15,16)17/h9-12,20H,3-8H2,1-2H3. The highest BCUT2D eigenvalue weighted by Gasteiger charge is 2.64. The lowest BCUT2D eigenvalue weighted by atomic mass is 9.71. The van der Waals surface area contributed by atoms with Gasteiger partial charge in [-0.15, -0.1) is 0 Å². The third kappa shape index (κ3) is 1.91. The molecular formula is C14H23F3N2O. The molecule has 4 unspecified atom stereocenters. The molecule has 20 heavy (non-hydrogen) atoms. The van der Waals surface area contributed by atoms with Crippen LogP contribution in [0.15, 0.2) is 0 Å². The summed E-state index contributed by atoms with van der Waals surface area (Å²) in [6.07, 6.45) is -2.39. The Morgan fingerprint density at radius 3 is 2.30 bits per heavy atom. The fourth-order valence-electron chi connectivity index (χ4n) is 4.67. The van der Waals surface area contributed by atoms with E-state index in [4.69, 9.17) is 0 Å². The Hall–Kier alpha value is -0.330. The van der Waals surface area contributed by atoms with Gasteiger partial charge >= 0.3 is 6.18 Å². The maximum absolute atomic E-state index is 13.3. The second-order valence-electron chi connectivity index (χ2n) is 6.71. The summed E-state index contributed by atoms with van der Waals surface area (Å²) in [6, 6.07) is -0.973. The molecule has 6 heteroatoms. The maximum atomic E-state index is 13.3. The van der Waals surface area contributed by atoms with Gasteiger partial charge in [-0.3, -0.25) is 9.80 Å². The molecule has 0 saturated carbocycles. The Morgan fingerprint density at radius 1 is 1.20 bits per heavy atom. The van der Waals surface area contributed by atoms with Gasteiger partial charge in [-0.1, -0.05) is 6.92 Å². The van der Waals surface area contributed by atoms with Gasteiger partial charge in [0.25, 0.3) is 0 Å². The first kappa shape index (κ1) is 14.6. The van der Waals surface area contributed by atoms with Crippen LogP contribution in [-0.4, -0.2) is 64.9 Å². The van der Waals surface area contributed by atoms with Gasteiger partial charge in [0.1, 0.15) is 0 Å². The molecule has 2 bridgehead atoms. The number of likely N-dealkylation sites (N-methyl/N-ethyl adjacent to an activating group) is 1. The number of hydrogen-bond donors (Lipinski definition) is 1. The Bertz CT molecular complexity index is 377. The van der Waals surface area contributed by atoms with E-state index in [1.54, 1.807) is 0 Å². The van der Waals surface area contributed by atoms with E-state index in [1.807, 2.05) is 11.8 Å². The minimum absolute atomic E-state index is 0.140. The van der Waals surface area contributed by atoms with Crippen molar-refractivity contribution in [3.05, 3.63) is 0 Å². The molecule has 0 aromatic rings. The first-order valence-electron chi connectivity index (χ1n) is 7.54. The molecule has 0 aliphatic carbocycles. The van der Waals surface area contributed by atoms with Gasteiger partial charge in [-0.2, -0.15) is 13.2 Å². The molecule has 4 aliphatic rings. The summed E-state index contributed by atoms with van der Waals surface area (Å²) >= 11 is 0. The predicted molar refractivity (Wildman–Crippen MR) is 69.3 cm³/mol. The second kappa shape index (κ2) is 4.58. The van der Waals surface area contributed by atoms with Crippen molar-refractivity contribution in [2.24, 2.45) is 11.8 Å². The summed E-state index contributed by atoms with van der Waals surface area (Å²) in [6.45, 7) is 5.85. The molecule has 0 aromatic heterocycles. The molecule has 4 atom stereocenters. The van der Waals surface area contributed by atoms with Crippen LogP contribution in [0.1, 0.15) is 26.7 Å². The fourth-order valence-corrected chi connectivity index (χ4v) is 4.67. The second-order valence-corrected chi connectivity index (χ2v) is 6.71. The third-order valence-electron chi connectivity index (χ3n) is 5.76. The summed E-state index contributed by atoms with van der Waals surface area (Å²) in [5.41, 5.74) is -2.64. The van der Waals surface area contributed by atoms with Crippen LogP contribution in [-0.2, 0) is 0 Å². The minimum Gasteiger partial charge on any atom is -0.379 e. The van der Waals surface area contributed by atoms with E-state index in [1.165, 1.54) is 0 Å². The third-order valence-corrected chi connectivity index (χ3v) is 5.76. The monoisotopic (exact) mass is 292 g/mol. The van der Waals surface area contributed by atoms with Crippen molar-refractivity contribution >= 4 is 0 Å². The Kier molecular flexibility index (Phi) is 3.34. The zero-order valence-electron chi connectivity index (χ0n) is 12.0. The van der Waals surface area contributed by atoms with E-state index < -0.39 is 17.8 Å². The number of alkyl halides is 3. The van der Waals surface area contributed by atoms with Gasteiger partial charge in [-0.05, 0) is 51.2 Å². The number of halogens is 3. The first-order valence-corrected chi connectivity index (χ1v) is 7.54. The molecule has 3 nitrogen and oxygen atoms in total. The fraction of sp³-hybridized carbons (Fsp3) is 1.00. The lowest BCUT2D eigenvalue weighted by Crippen LogP contribution is -2.66. The summed E-state index contributed by atoms with van der Waals surface area (Å²) in [7, 11) is 0. The number of piperidine rings is 3. The number of fused-ring (bicyclic) bond motifs is 2. The molecular weight excluding hydrogens is 269 g/mol. The van der Waals surface area contributed by atoms with Crippen LogP contribution < -0.4 is 0 Å². The first-order chi connectivity index (χ1) is 9.27. The number of nitrogens with zero attached hydrogens (tertiary/aromatic N) is 2. The van der Waals surface area contributed by atoms with Crippen LogP contribution in [0.2, 0.25) is 0 Å². The summed E-state index contributed by atoms with van der Waals surface area (Å²) < 4.78 is 39.9. The van der Waals surface area contributed by atoms with Crippen LogP contribution in [0, 0.1) is 11.8 Å². The molecule has 4 fully saturated rings. The molecule has 0 amide bonds. The summed E-state index contributed by atoms with van der Waals surface area (Å²) in [5, 5.41) is 10.2. The quantitative estimate of drug-likeness (QED) is 0.839. The van der Waals surface area contributed by atoms with Gasteiger partial charge in [-0.25, -0.2) is 0 Å². The normalized spacial score (nSPS) is 44.4. The molecule has 116 valence electrons. The van der Waals surface area contributed by atoms with Crippen molar-refractivity contribution in [2.75, 3.05) is 26.2 Å². The van der Waals surface area contributed by atoms with E-state index in [2.05, 4.69) is 4.90 Å². The number of hydrogen-bond acceptors (Lipinski definition) is 3. The molecule has 4 saturated heterocycles. The van der Waals surface area contributed by atoms with E-state index in [9.17, 15) is 18.3 Å². The topological polar surface area (TPSA) is 26.7 Å². The van der Waals surface area contributed by atoms with Crippen molar-refractivity contribution in [3.63, 3.8) is 0 Å². The largest absolute Gasteiger partial charge is 0.418 e. The molecule has 4 aliphatic heterocycles. The molecule has 0 aromatic carbocycles. The minimum atomic E-state index is -4.59. The van der Waals surface area contributed by atoms with Crippen molar-refractivity contribution in [2.45, 2.75) is 50.6 Å². The maximum Gasteiger partial charge on any atom is 0.418 e. The molecule has 1 N–H and O–H groups in total. The van der Waals surface area contributed by atoms with Crippen LogP contribution in [0.25, 0.3) is 0 Å². The summed E-state index contributed by atoms with van der Waals surface area (Å²) in [4.78, 5) is 4.03. The van der Waals surface area contributed by atoms with E-state index >= 15 is 0 Å². The van der Waals surface area contributed by atoms with Crippen LogP contribution in [0.4, 0.5) is 13.2 Å². The van der Waals surface area contributed by atoms with Crippen LogP contribution in [0.5, 0.6) is 0 Å². The Balaban J connectivity index is 1.96. The van der Waals surface area contributed by atoms with Gasteiger partial charge < -0.3 is 5.11 Å². The predicted octanol–water partition coefficient (Wildman–Crippen LogP) is 1.71. The average molecular weight is 292 g/mol.